The van der Waals surface area contributed by atoms with Crippen molar-refractivity contribution in [3.63, 3.8) is 0 Å². The quantitative estimate of drug-likeness (QED) is 0.00625. The molecule has 10 aromatic rings. The number of thioether (sulfide) groups is 1. The molecule has 11 rings (SSSR count). The Morgan fingerprint density at radius 2 is 0.727 bits per heavy atom. The zero-order valence-electron chi connectivity index (χ0n) is 79.4. The molecule has 5 aromatic carbocycles. The minimum atomic E-state index is -0.565. The minimum absolute atomic E-state index is 0.0317. The zero-order valence-corrected chi connectivity index (χ0v) is 82.5. The van der Waals surface area contributed by atoms with E-state index in [9.17, 15) is 68.2 Å². The Labute approximate surface area is 826 Å². The van der Waals surface area contributed by atoms with Crippen LogP contribution in [0.15, 0.2) is 225 Å². The van der Waals surface area contributed by atoms with Crippen molar-refractivity contribution in [1.82, 2.24) is 63.3 Å². The molecule has 0 saturated carbocycles. The molecular formula is C99H125Cl2N19O17S2. The van der Waals surface area contributed by atoms with Crippen molar-refractivity contribution in [2.24, 2.45) is 70.0 Å². The van der Waals surface area contributed by atoms with Crippen LogP contribution in [-0.2, 0) is 67.9 Å². The predicted molar refractivity (Wildman–Crippen MR) is 546 cm³/mol. The molecule has 1 fully saturated rings. The number of nitrogens with two attached hydrogens (primary N) is 4. The van der Waals surface area contributed by atoms with Crippen molar-refractivity contribution >= 4 is 92.3 Å². The molecule has 6 heterocycles. The fourth-order valence-corrected chi connectivity index (χ4v) is 16.7. The number of aryl methyl sites for hydroxylation is 5. The highest BCUT2D eigenvalue weighted by Gasteiger charge is 2.31. The van der Waals surface area contributed by atoms with E-state index in [0.717, 1.165) is 79.3 Å². The maximum absolute atomic E-state index is 14.1. The van der Waals surface area contributed by atoms with E-state index in [4.69, 9.17) is 72.6 Å². The average molecular weight is 1990 g/mol. The van der Waals surface area contributed by atoms with Crippen LogP contribution in [0.4, 0.5) is 11.4 Å². The van der Waals surface area contributed by atoms with E-state index in [1.807, 2.05) is 108 Å². The second-order valence-corrected chi connectivity index (χ2v) is 35.6. The van der Waals surface area contributed by atoms with Crippen LogP contribution in [-0.4, -0.2) is 233 Å². The summed E-state index contributed by atoms with van der Waals surface area (Å²) < 4.78 is 25.1. The third kappa shape index (κ3) is 35.0. The number of carbonyl (C=O) groups is 5. The van der Waals surface area contributed by atoms with Gasteiger partial charge in [0.15, 0.2) is 23.0 Å². The number of Topliss-reactive ketones (excluding diaryl/α,β-unsaturated/α-hetero) is 1. The number of hydrogen-bond acceptors (Lipinski definition) is 27. The first-order valence-electron chi connectivity index (χ1n) is 45.4. The Kier molecular flexibility index (Phi) is 46.8. The Hall–Kier alpha value is -12.7. The van der Waals surface area contributed by atoms with Crippen LogP contribution in [0.5, 0.6) is 17.2 Å². The third-order valence-corrected chi connectivity index (χ3v) is 24.3. The Morgan fingerprint density at radius 3 is 1.06 bits per heavy atom. The number of ether oxygens (including phenoxy) is 3. The smallest absolute Gasteiger partial charge is 0.293 e. The lowest BCUT2D eigenvalue weighted by molar-refractivity contribution is -0.385. The SMILES string of the molecule is Cc1c(C(=O)CCCN(CCNC(=O)c2ccn(C)c(=O)c2C)CC(Cc2ccc([N+](=O)[O-])cc2)CN(CCNC(=O)c2ccn(C)c(=O)c2OCc2ccccc2)CCNC(=O)c2ccn(C)c(=O)c2OCc2ccccc2)ccn(C)c1=O.ClCCl.Cn1ccc(C(=O)N2CCSC2=S)c(OCc2ccccc2)c1=O.NCCN(CCN)CC(Cc1ccc([N+](=O)[O-])cc1)CN(CCN)CCN. The van der Waals surface area contributed by atoms with E-state index in [1.165, 1.54) is 82.4 Å². The standard InChI is InChI=1S/C63H72N10O12.C18H35N7O2.C17H16N2O3S2.CH2Cl2/c1-43-50(23-31-67(3)60(43)78)54(74)18-13-30-71(35-27-64-57(75)51-24-32-68(4)61(79)44(51)2)39-48(38-45-19-21-49(22-20-45)73(82)83)40-72(36-28-65-58(76)52-25-33-69(5)62(80)55(52)84-41-46-14-9-7-10-15-46)37-29-66-59(77)53-26-34-70(6)63(81)56(53)85-42-47-16-11-8-12-17-47;19-5-9-23(10-6-20)14-17(15-24(11-7-21)12-8-22)13-16-1-3-18(4-2-16)25(26)27;1-18-8-7-13(15(20)19-9-10-24-17(19)23)14(16(18)21)22-11-12-5-3-2-4-6-12;2-1-3/h7-12,14-17,19-26,31-34,48H,13,18,27-30,35-42H2,1-6H3,(H,64,75)(H,65,76)(H,66,77);1-4,17H,5-15,19-22H2;2-8H,9-11H2,1H3;1H2. The van der Waals surface area contributed by atoms with Gasteiger partial charge in [0.2, 0.25) is 0 Å². The number of nitrogens with zero attached hydrogens (tertiary/aromatic N) is 12. The van der Waals surface area contributed by atoms with Crippen LogP contribution in [0.2, 0.25) is 0 Å². The summed E-state index contributed by atoms with van der Waals surface area (Å²) in [4.78, 5) is 165. The van der Waals surface area contributed by atoms with Gasteiger partial charge in [-0.25, -0.2) is 0 Å². The molecule has 139 heavy (non-hydrogen) atoms. The number of ketones is 1. The molecule has 0 radical (unpaired) electrons. The molecule has 1 saturated heterocycles. The molecule has 0 aliphatic carbocycles. The maximum Gasteiger partial charge on any atom is 0.293 e. The number of pyridine rings is 5. The second kappa shape index (κ2) is 58.3. The summed E-state index contributed by atoms with van der Waals surface area (Å²) >= 11 is 16.2. The minimum Gasteiger partial charge on any atom is -0.482 e. The normalized spacial score (nSPS) is 11.9. The van der Waals surface area contributed by atoms with Gasteiger partial charge in [-0.15, -0.1) is 23.2 Å². The van der Waals surface area contributed by atoms with Crippen molar-refractivity contribution in [2.75, 3.05) is 142 Å². The molecule has 1 aliphatic rings. The molecule has 744 valence electrons. The van der Waals surface area contributed by atoms with Crippen molar-refractivity contribution in [3.8, 4) is 17.2 Å². The van der Waals surface area contributed by atoms with E-state index in [2.05, 4.69) is 30.7 Å². The molecule has 0 bridgehead atoms. The Bertz CT molecular complexity index is 5800. The lowest BCUT2D eigenvalue weighted by Crippen LogP contribution is -2.45. The van der Waals surface area contributed by atoms with E-state index in [0.29, 0.717) is 86.6 Å². The number of benzene rings is 5. The molecular weight excluding hydrogens is 1860 g/mol. The van der Waals surface area contributed by atoms with Gasteiger partial charge in [-0.3, -0.25) is 78.0 Å². The van der Waals surface area contributed by atoms with Crippen LogP contribution in [0.25, 0.3) is 0 Å². The highest BCUT2D eigenvalue weighted by molar-refractivity contribution is 8.23. The summed E-state index contributed by atoms with van der Waals surface area (Å²) in [5.74, 6) is -1.46. The van der Waals surface area contributed by atoms with Gasteiger partial charge in [-0.05, 0) is 110 Å². The first kappa shape index (κ1) is 112. The number of amides is 4. The van der Waals surface area contributed by atoms with Crippen LogP contribution in [0.1, 0.15) is 104 Å². The molecule has 4 amide bonds. The summed E-state index contributed by atoms with van der Waals surface area (Å²) in [6, 6.07) is 48.8. The number of nitro benzene ring substituents is 2. The topological polar surface area (TPSA) is 466 Å². The molecule has 1 atom stereocenters. The average Bonchev–Trinajstić information content (AvgIpc) is 1.77. The number of hydrogen-bond donors (Lipinski definition) is 7. The number of carbonyl (C=O) groups excluding carboxylic acids is 5. The number of nitro groups is 2. The number of nitrogens with one attached hydrogen (secondary N) is 3. The van der Waals surface area contributed by atoms with Gasteiger partial charge >= 0.3 is 0 Å². The highest BCUT2D eigenvalue weighted by Crippen LogP contribution is 2.27. The first-order chi connectivity index (χ1) is 66.8. The number of alkyl halides is 2. The van der Waals surface area contributed by atoms with E-state index in [1.54, 1.807) is 104 Å². The van der Waals surface area contributed by atoms with Gasteiger partial charge in [0, 0.05) is 249 Å². The van der Waals surface area contributed by atoms with Crippen molar-refractivity contribution in [3.05, 3.63) is 340 Å². The van der Waals surface area contributed by atoms with Gasteiger partial charge in [0.25, 0.3) is 62.8 Å². The maximum atomic E-state index is 14.1. The summed E-state index contributed by atoms with van der Waals surface area (Å²) in [6.45, 7) is 13.2. The number of non-ortho nitro benzene ring substituents is 2. The van der Waals surface area contributed by atoms with Crippen LogP contribution >= 0.6 is 47.2 Å². The van der Waals surface area contributed by atoms with Crippen LogP contribution in [0.3, 0.4) is 0 Å². The largest absolute Gasteiger partial charge is 0.482 e. The van der Waals surface area contributed by atoms with Gasteiger partial charge in [-0.1, -0.05) is 139 Å². The van der Waals surface area contributed by atoms with E-state index in [-0.39, 0.29) is 166 Å². The van der Waals surface area contributed by atoms with Gasteiger partial charge in [0.05, 0.1) is 31.9 Å². The van der Waals surface area contributed by atoms with Crippen LogP contribution in [0, 0.1) is 45.9 Å². The van der Waals surface area contributed by atoms with E-state index < -0.39 is 33.8 Å². The van der Waals surface area contributed by atoms with Gasteiger partial charge < -0.3 is 90.6 Å². The summed E-state index contributed by atoms with van der Waals surface area (Å²) in [7, 11) is 7.95. The number of halogens is 2. The lowest BCUT2D eigenvalue weighted by atomic mass is 9.97. The summed E-state index contributed by atoms with van der Waals surface area (Å²) in [6.07, 6.45) is 9.25. The van der Waals surface area contributed by atoms with Crippen molar-refractivity contribution in [1.29, 1.82) is 0 Å². The fraction of sp³-hybridized carbons (Fsp3) is 0.384. The third-order valence-electron chi connectivity index (χ3n) is 22.8. The molecule has 11 N–H and O–H groups in total. The lowest BCUT2D eigenvalue weighted by Gasteiger charge is -2.32. The monoisotopic (exact) mass is 1990 g/mol. The number of rotatable bonds is 49. The second-order valence-electron chi connectivity index (χ2n) is 33.1. The van der Waals surface area contributed by atoms with Crippen molar-refractivity contribution < 1.29 is 48.0 Å². The van der Waals surface area contributed by atoms with Crippen molar-refractivity contribution in [2.45, 2.75) is 59.4 Å². The molecule has 40 heteroatoms. The first-order valence-corrected chi connectivity index (χ1v) is 47.8. The number of thiocarbonyl (C=S) groups is 1. The molecule has 0 spiro atoms. The highest BCUT2D eigenvalue weighted by atomic mass is 35.5. The molecule has 1 aliphatic heterocycles. The predicted octanol–water partition coefficient (Wildman–Crippen LogP) is 7.93. The molecule has 36 nitrogen and oxygen atoms in total. The molecule has 5 aromatic heterocycles. The van der Waals surface area contributed by atoms with Crippen LogP contribution < -0.4 is 80.9 Å². The molecule has 1 unspecified atom stereocenters. The zero-order chi connectivity index (χ0) is 101. The van der Waals surface area contributed by atoms with Gasteiger partial charge in [-0.2, -0.15) is 0 Å². The van der Waals surface area contributed by atoms with E-state index >= 15 is 0 Å². The number of aromatic nitrogens is 5. The Morgan fingerprint density at radius 1 is 0.424 bits per heavy atom. The van der Waals surface area contributed by atoms with Gasteiger partial charge in [0.1, 0.15) is 24.1 Å². The Balaban J connectivity index is 0.000000352. The summed E-state index contributed by atoms with van der Waals surface area (Å²) in [5.41, 5.74) is 26.9. The summed E-state index contributed by atoms with van der Waals surface area (Å²) in [5, 5.41) is 31.7. The fourth-order valence-electron chi connectivity index (χ4n) is 15.5.